The number of hydrogen-bond acceptors (Lipinski definition) is 5. The van der Waals surface area contributed by atoms with Crippen LogP contribution in [0.2, 0.25) is 5.02 Å². The zero-order chi connectivity index (χ0) is 17.5. The Labute approximate surface area is 144 Å². The van der Waals surface area contributed by atoms with Crippen LogP contribution < -0.4 is 9.88 Å². The minimum absolute atomic E-state index is 0.0949. The first kappa shape index (κ1) is 16.8. The van der Waals surface area contributed by atoms with Crippen LogP contribution in [-0.4, -0.2) is 20.7 Å². The molecule has 0 atom stereocenters. The first-order valence-corrected chi connectivity index (χ1v) is 9.07. The molecule has 0 bridgehead atoms. The average Bonchev–Trinajstić information content (AvgIpc) is 2.98. The van der Waals surface area contributed by atoms with Crippen LogP contribution in [-0.2, 0) is 16.4 Å². The van der Waals surface area contributed by atoms with Gasteiger partial charge in [0.15, 0.2) is 5.58 Å². The summed E-state index contributed by atoms with van der Waals surface area (Å²) in [6.45, 7) is 1.91. The topological polar surface area (TPSA) is 95.4 Å². The van der Waals surface area contributed by atoms with Crippen molar-refractivity contribution < 1.29 is 17.7 Å². The third-order valence-electron chi connectivity index (χ3n) is 3.74. The van der Waals surface area contributed by atoms with Crippen LogP contribution in [0.5, 0.6) is 5.75 Å². The van der Waals surface area contributed by atoms with Crippen molar-refractivity contribution in [2.24, 2.45) is 5.14 Å². The molecule has 1 heterocycles. The van der Waals surface area contributed by atoms with Gasteiger partial charge < -0.3 is 9.26 Å². The standard InChI is InChI=1S/C16H15ClN2O4S/c1-3-9-7-10(16(22-2)13(8-9)24(18,20)21)15-14-11(17)5-4-6-12(14)23-19-15/h4-8H,3H2,1-2H3,(H2,18,20,21). The fourth-order valence-corrected chi connectivity index (χ4v) is 3.62. The third kappa shape index (κ3) is 2.75. The van der Waals surface area contributed by atoms with E-state index in [9.17, 15) is 8.42 Å². The number of nitrogens with two attached hydrogens (primary N) is 1. The first-order valence-electron chi connectivity index (χ1n) is 7.14. The number of rotatable bonds is 4. The number of aromatic nitrogens is 1. The lowest BCUT2D eigenvalue weighted by Gasteiger charge is -2.13. The van der Waals surface area contributed by atoms with Gasteiger partial charge in [0, 0.05) is 5.56 Å². The molecule has 3 aromatic rings. The molecule has 0 saturated carbocycles. The molecule has 0 saturated heterocycles. The Morgan fingerprint density at radius 3 is 2.71 bits per heavy atom. The molecule has 0 aliphatic rings. The van der Waals surface area contributed by atoms with Crippen LogP contribution in [0.4, 0.5) is 0 Å². The van der Waals surface area contributed by atoms with Crippen LogP contribution in [0, 0.1) is 0 Å². The van der Waals surface area contributed by atoms with Gasteiger partial charge in [-0.3, -0.25) is 0 Å². The van der Waals surface area contributed by atoms with Gasteiger partial charge in [0.25, 0.3) is 0 Å². The minimum Gasteiger partial charge on any atom is -0.495 e. The van der Waals surface area contributed by atoms with Gasteiger partial charge in [0.05, 0.1) is 17.5 Å². The molecule has 0 amide bonds. The van der Waals surface area contributed by atoms with E-state index in [1.54, 1.807) is 24.3 Å². The minimum atomic E-state index is -3.97. The molecule has 0 radical (unpaired) electrons. The number of halogens is 1. The van der Waals surface area contributed by atoms with Crippen molar-refractivity contribution in [3.8, 4) is 17.0 Å². The highest BCUT2D eigenvalue weighted by molar-refractivity contribution is 7.89. The zero-order valence-electron chi connectivity index (χ0n) is 13.0. The Morgan fingerprint density at radius 2 is 2.08 bits per heavy atom. The number of hydrogen-bond donors (Lipinski definition) is 1. The number of nitrogens with zero attached hydrogens (tertiary/aromatic N) is 1. The van der Waals surface area contributed by atoms with Crippen molar-refractivity contribution in [2.45, 2.75) is 18.2 Å². The molecule has 0 spiro atoms. The quantitative estimate of drug-likeness (QED) is 0.763. The molecule has 0 unspecified atom stereocenters. The largest absolute Gasteiger partial charge is 0.495 e. The van der Waals surface area contributed by atoms with Crippen LogP contribution in [0.25, 0.3) is 22.2 Å². The summed E-state index contributed by atoms with van der Waals surface area (Å²) in [5.74, 6) is 0.116. The molecule has 2 aromatic carbocycles. The maximum absolute atomic E-state index is 12.0. The highest BCUT2D eigenvalue weighted by Crippen LogP contribution is 2.41. The number of ether oxygens (including phenoxy) is 1. The smallest absolute Gasteiger partial charge is 0.241 e. The predicted molar refractivity (Wildman–Crippen MR) is 91.8 cm³/mol. The van der Waals surface area contributed by atoms with E-state index in [0.717, 1.165) is 5.56 Å². The summed E-state index contributed by atoms with van der Waals surface area (Å²) in [6.07, 6.45) is 0.614. The van der Waals surface area contributed by atoms with Gasteiger partial charge in [-0.05, 0) is 36.2 Å². The fourth-order valence-electron chi connectivity index (χ4n) is 2.60. The molecule has 0 aliphatic carbocycles. The number of methoxy groups -OCH3 is 1. The molecule has 6 nitrogen and oxygen atoms in total. The molecule has 3 rings (SSSR count). The molecule has 24 heavy (non-hydrogen) atoms. The van der Waals surface area contributed by atoms with E-state index in [4.69, 9.17) is 26.0 Å². The lowest BCUT2D eigenvalue weighted by atomic mass is 10.0. The van der Waals surface area contributed by atoms with Crippen molar-refractivity contribution >= 4 is 32.6 Å². The molecule has 0 fully saturated rings. The molecule has 126 valence electrons. The fraction of sp³-hybridized carbons (Fsp3) is 0.188. The summed E-state index contributed by atoms with van der Waals surface area (Å²) in [4.78, 5) is -0.0949. The van der Waals surface area contributed by atoms with Crippen molar-refractivity contribution in [3.63, 3.8) is 0 Å². The summed E-state index contributed by atoms with van der Waals surface area (Å²) in [6, 6.07) is 8.49. The van der Waals surface area contributed by atoms with Crippen molar-refractivity contribution in [2.75, 3.05) is 7.11 Å². The van der Waals surface area contributed by atoms with E-state index < -0.39 is 10.0 Å². The molecule has 2 N–H and O–H groups in total. The summed E-state index contributed by atoms with van der Waals surface area (Å²) in [5, 5.41) is 10.4. The van der Waals surface area contributed by atoms with Gasteiger partial charge in [-0.2, -0.15) is 0 Å². The molecular formula is C16H15ClN2O4S. The second kappa shape index (κ2) is 6.08. The van der Waals surface area contributed by atoms with Crippen molar-refractivity contribution in [1.82, 2.24) is 5.16 Å². The van der Waals surface area contributed by atoms with E-state index in [1.807, 2.05) is 6.92 Å². The Bertz CT molecular complexity index is 1030. The van der Waals surface area contributed by atoms with Gasteiger partial charge >= 0.3 is 0 Å². The summed E-state index contributed by atoms with van der Waals surface area (Å²) in [5.41, 5.74) is 2.15. The van der Waals surface area contributed by atoms with Gasteiger partial charge in [-0.1, -0.05) is 29.7 Å². The van der Waals surface area contributed by atoms with E-state index in [0.29, 0.717) is 33.7 Å². The lowest BCUT2D eigenvalue weighted by Crippen LogP contribution is -2.14. The number of fused-ring (bicyclic) bond motifs is 1. The second-order valence-corrected chi connectivity index (χ2v) is 7.15. The van der Waals surface area contributed by atoms with Gasteiger partial charge in [-0.25, -0.2) is 13.6 Å². The van der Waals surface area contributed by atoms with E-state index >= 15 is 0 Å². The summed E-state index contributed by atoms with van der Waals surface area (Å²) in [7, 11) is -2.59. The Hall–Kier alpha value is -2.09. The van der Waals surface area contributed by atoms with Gasteiger partial charge in [0.1, 0.15) is 16.3 Å². The highest BCUT2D eigenvalue weighted by atomic mass is 35.5. The zero-order valence-corrected chi connectivity index (χ0v) is 14.6. The average molecular weight is 367 g/mol. The van der Waals surface area contributed by atoms with E-state index in [-0.39, 0.29) is 10.6 Å². The molecular weight excluding hydrogens is 352 g/mol. The normalized spacial score (nSPS) is 11.8. The lowest BCUT2D eigenvalue weighted by molar-refractivity contribution is 0.403. The van der Waals surface area contributed by atoms with Crippen molar-refractivity contribution in [1.29, 1.82) is 0 Å². The third-order valence-corrected chi connectivity index (χ3v) is 4.97. The Kier molecular flexibility index (Phi) is 4.25. The molecule has 1 aromatic heterocycles. The summed E-state index contributed by atoms with van der Waals surface area (Å²) >= 11 is 6.27. The number of sulfonamides is 1. The van der Waals surface area contributed by atoms with Gasteiger partial charge in [0.2, 0.25) is 10.0 Å². The first-order chi connectivity index (χ1) is 11.4. The number of aryl methyl sites for hydroxylation is 1. The van der Waals surface area contributed by atoms with Crippen LogP contribution in [0.15, 0.2) is 39.8 Å². The SMILES string of the molecule is CCc1cc(-c2noc3cccc(Cl)c23)c(OC)c(S(N)(=O)=O)c1. The Morgan fingerprint density at radius 1 is 1.33 bits per heavy atom. The van der Waals surface area contributed by atoms with E-state index in [2.05, 4.69) is 5.16 Å². The Balaban J connectivity index is 2.42. The van der Waals surface area contributed by atoms with Crippen LogP contribution in [0.3, 0.4) is 0 Å². The number of primary sulfonamides is 1. The van der Waals surface area contributed by atoms with Crippen molar-refractivity contribution in [3.05, 3.63) is 40.9 Å². The number of benzene rings is 2. The maximum Gasteiger partial charge on any atom is 0.241 e. The van der Waals surface area contributed by atoms with Gasteiger partial charge in [-0.15, -0.1) is 0 Å². The predicted octanol–water partition coefficient (Wildman–Crippen LogP) is 3.37. The molecule has 0 aliphatic heterocycles. The second-order valence-electron chi connectivity index (χ2n) is 5.22. The monoisotopic (exact) mass is 366 g/mol. The molecule has 8 heteroatoms. The maximum atomic E-state index is 12.0. The summed E-state index contributed by atoms with van der Waals surface area (Å²) < 4.78 is 34.6. The van der Waals surface area contributed by atoms with Crippen LogP contribution in [0.1, 0.15) is 12.5 Å². The highest BCUT2D eigenvalue weighted by Gasteiger charge is 2.24. The van der Waals surface area contributed by atoms with Crippen LogP contribution >= 0.6 is 11.6 Å². The van der Waals surface area contributed by atoms with E-state index in [1.165, 1.54) is 13.2 Å².